The maximum Gasteiger partial charge on any atom is 0.423 e. The van der Waals surface area contributed by atoms with E-state index < -0.39 is 29.3 Å². The van der Waals surface area contributed by atoms with Crippen molar-refractivity contribution in [3.63, 3.8) is 0 Å². The van der Waals surface area contributed by atoms with E-state index in [4.69, 9.17) is 0 Å². The summed E-state index contributed by atoms with van der Waals surface area (Å²) in [5, 5.41) is 11.9. The molecule has 2 rings (SSSR count). The van der Waals surface area contributed by atoms with Gasteiger partial charge in [0.2, 0.25) is 6.10 Å². The maximum absolute atomic E-state index is 12.8. The van der Waals surface area contributed by atoms with Crippen molar-refractivity contribution in [2.45, 2.75) is 24.4 Å². The lowest BCUT2D eigenvalue weighted by Gasteiger charge is -2.18. The first kappa shape index (κ1) is 13.8. The van der Waals surface area contributed by atoms with Crippen LogP contribution in [0.25, 0.3) is 0 Å². The van der Waals surface area contributed by atoms with Crippen molar-refractivity contribution >= 4 is 0 Å². The molecule has 0 saturated carbocycles. The Kier molecular flexibility index (Phi) is 3.46. The zero-order chi connectivity index (χ0) is 14.2. The molecule has 0 spiro atoms. The molecule has 8 heteroatoms. The van der Waals surface area contributed by atoms with E-state index in [1.165, 1.54) is 7.05 Å². The van der Waals surface area contributed by atoms with Gasteiger partial charge in [0.05, 0.1) is 0 Å². The van der Waals surface area contributed by atoms with Crippen LogP contribution in [0.3, 0.4) is 0 Å². The number of nitrogens with zero attached hydrogens (tertiary/aromatic N) is 2. The second kappa shape index (κ2) is 4.78. The Morgan fingerprint density at radius 1 is 1.32 bits per heavy atom. The van der Waals surface area contributed by atoms with E-state index in [1.807, 2.05) is 0 Å². The van der Waals surface area contributed by atoms with Gasteiger partial charge in [0.15, 0.2) is 0 Å². The largest absolute Gasteiger partial charge is 0.423 e. The molecule has 1 saturated heterocycles. The molecule has 0 aliphatic carbocycles. The molecular weight excluding hydrogens is 265 g/mol. The van der Waals surface area contributed by atoms with Gasteiger partial charge in [0, 0.05) is 12.0 Å². The lowest BCUT2D eigenvalue weighted by Crippen LogP contribution is -2.43. The lowest BCUT2D eigenvalue weighted by atomic mass is 9.96. The summed E-state index contributed by atoms with van der Waals surface area (Å²) < 4.78 is 38.3. The third-order valence-electron chi connectivity index (χ3n) is 3.01. The molecule has 0 N–H and O–H groups in total. The van der Waals surface area contributed by atoms with Gasteiger partial charge in [-0.1, -0.05) is 30.3 Å². The molecule has 0 aromatic heterocycles. The minimum atomic E-state index is -4.78. The first-order valence-electron chi connectivity index (χ1n) is 5.47. The highest BCUT2D eigenvalue weighted by atomic mass is 19.4. The highest BCUT2D eigenvalue weighted by Gasteiger charge is 2.62. The van der Waals surface area contributed by atoms with Gasteiger partial charge in [0.1, 0.15) is 6.04 Å². The molecule has 1 aromatic carbocycles. The number of hydroxylamine groups is 2. The Morgan fingerprint density at radius 3 is 2.37 bits per heavy atom. The second-order valence-corrected chi connectivity index (χ2v) is 4.25. The monoisotopic (exact) mass is 276 g/mol. The Labute approximate surface area is 106 Å². The third kappa shape index (κ3) is 2.54. The minimum Gasteiger partial charge on any atom is -0.278 e. The number of benzene rings is 1. The van der Waals surface area contributed by atoms with E-state index >= 15 is 0 Å². The van der Waals surface area contributed by atoms with Crippen LogP contribution in [0, 0.1) is 10.1 Å². The van der Waals surface area contributed by atoms with Crippen LogP contribution in [-0.2, 0) is 4.84 Å². The normalized spacial score (nSPS) is 28.5. The Hall–Kier alpha value is -1.67. The molecule has 0 radical (unpaired) electrons. The number of alkyl halides is 3. The summed E-state index contributed by atoms with van der Waals surface area (Å²) in [7, 11) is 1.26. The number of hydrogen-bond donors (Lipinski definition) is 0. The van der Waals surface area contributed by atoms with Crippen molar-refractivity contribution < 1.29 is 22.9 Å². The van der Waals surface area contributed by atoms with Crippen LogP contribution in [0.4, 0.5) is 13.2 Å². The Balaban J connectivity index is 2.40. The molecule has 1 aromatic rings. The zero-order valence-electron chi connectivity index (χ0n) is 9.87. The fourth-order valence-electron chi connectivity index (χ4n) is 2.22. The third-order valence-corrected chi connectivity index (χ3v) is 3.01. The van der Waals surface area contributed by atoms with Crippen LogP contribution in [0.1, 0.15) is 11.6 Å². The molecule has 1 fully saturated rings. The number of rotatable bonds is 2. The number of nitro groups is 1. The summed E-state index contributed by atoms with van der Waals surface area (Å²) in [5.74, 6) is 0. The average Bonchev–Trinajstić information content (AvgIpc) is 2.68. The van der Waals surface area contributed by atoms with Crippen LogP contribution >= 0.6 is 0 Å². The van der Waals surface area contributed by atoms with E-state index in [9.17, 15) is 23.3 Å². The van der Waals surface area contributed by atoms with Gasteiger partial charge in [-0.3, -0.25) is 15.0 Å². The summed E-state index contributed by atoms with van der Waals surface area (Å²) in [4.78, 5) is 14.7. The molecule has 104 valence electrons. The van der Waals surface area contributed by atoms with Crippen LogP contribution in [0.5, 0.6) is 0 Å². The molecule has 1 aliphatic heterocycles. The van der Waals surface area contributed by atoms with Crippen molar-refractivity contribution in [3.05, 3.63) is 46.0 Å². The van der Waals surface area contributed by atoms with E-state index in [-0.39, 0.29) is 0 Å². The predicted molar refractivity (Wildman–Crippen MR) is 58.7 cm³/mol. The predicted octanol–water partition coefficient (Wildman–Crippen LogP) is 2.18. The van der Waals surface area contributed by atoms with Gasteiger partial charge in [-0.05, 0) is 5.56 Å². The first-order valence-corrected chi connectivity index (χ1v) is 5.47. The summed E-state index contributed by atoms with van der Waals surface area (Å²) in [6.45, 7) is 0. The van der Waals surface area contributed by atoms with Gasteiger partial charge < -0.3 is 0 Å². The topological polar surface area (TPSA) is 55.6 Å². The van der Waals surface area contributed by atoms with Gasteiger partial charge in [0.25, 0.3) is 6.04 Å². The van der Waals surface area contributed by atoms with E-state index in [2.05, 4.69) is 4.84 Å². The highest BCUT2D eigenvalue weighted by Crippen LogP contribution is 2.41. The number of halogens is 3. The zero-order valence-corrected chi connectivity index (χ0v) is 9.87. The second-order valence-electron chi connectivity index (χ2n) is 4.25. The van der Waals surface area contributed by atoms with Crippen molar-refractivity contribution in [2.75, 3.05) is 7.05 Å². The minimum absolute atomic E-state index is 0.415. The van der Waals surface area contributed by atoms with Crippen molar-refractivity contribution in [2.24, 2.45) is 0 Å². The maximum atomic E-state index is 12.8. The lowest BCUT2D eigenvalue weighted by molar-refractivity contribution is -0.538. The molecule has 1 heterocycles. The average molecular weight is 276 g/mol. The molecule has 0 amide bonds. The SMILES string of the molecule is CN1O[C@@H](C(F)(F)F)[C@H]([N+](=O)[O-])[C@@H]1c1ccccc1. The summed E-state index contributed by atoms with van der Waals surface area (Å²) in [5.41, 5.74) is 0.415. The smallest absolute Gasteiger partial charge is 0.278 e. The van der Waals surface area contributed by atoms with E-state index in [1.54, 1.807) is 30.3 Å². The molecule has 3 atom stereocenters. The van der Waals surface area contributed by atoms with Crippen LogP contribution in [-0.4, -0.2) is 35.4 Å². The van der Waals surface area contributed by atoms with Crippen molar-refractivity contribution in [3.8, 4) is 0 Å². The van der Waals surface area contributed by atoms with Gasteiger partial charge in [-0.2, -0.15) is 18.2 Å². The number of hydrogen-bond acceptors (Lipinski definition) is 4. The molecule has 5 nitrogen and oxygen atoms in total. The van der Waals surface area contributed by atoms with Gasteiger partial charge >= 0.3 is 6.18 Å². The van der Waals surface area contributed by atoms with Crippen LogP contribution in [0.15, 0.2) is 30.3 Å². The summed E-state index contributed by atoms with van der Waals surface area (Å²) >= 11 is 0. The van der Waals surface area contributed by atoms with Crippen molar-refractivity contribution in [1.82, 2.24) is 5.06 Å². The van der Waals surface area contributed by atoms with E-state index in [0.29, 0.717) is 5.56 Å². The first-order chi connectivity index (χ1) is 8.82. The molecule has 0 unspecified atom stereocenters. The molecular formula is C11H11F3N2O3. The Bertz CT molecular complexity index is 466. The van der Waals surface area contributed by atoms with Crippen LogP contribution in [0.2, 0.25) is 0 Å². The summed E-state index contributed by atoms with van der Waals surface area (Å²) in [6, 6.07) is 5.04. The molecule has 0 bridgehead atoms. The van der Waals surface area contributed by atoms with Gasteiger partial charge in [-0.25, -0.2) is 0 Å². The number of likely N-dealkylation sites (N-methyl/N-ethyl adjacent to an activating group) is 1. The van der Waals surface area contributed by atoms with Gasteiger partial charge in [-0.15, -0.1) is 0 Å². The van der Waals surface area contributed by atoms with E-state index in [0.717, 1.165) is 5.06 Å². The Morgan fingerprint density at radius 2 is 1.89 bits per heavy atom. The summed E-state index contributed by atoms with van der Waals surface area (Å²) in [6.07, 6.45) is -7.21. The fraction of sp³-hybridized carbons (Fsp3) is 0.455. The molecule has 19 heavy (non-hydrogen) atoms. The van der Waals surface area contributed by atoms with Crippen LogP contribution < -0.4 is 0 Å². The highest BCUT2D eigenvalue weighted by molar-refractivity contribution is 5.21. The quantitative estimate of drug-likeness (QED) is 0.613. The standard InChI is InChI=1S/C11H11F3N2O3/c1-15-8(7-5-3-2-4-6-7)9(16(17)18)10(19-15)11(12,13)14/h2-6,8-10H,1H3/t8-,9+,10+/m0/s1. The fourth-order valence-corrected chi connectivity index (χ4v) is 2.22. The molecule has 1 aliphatic rings. The van der Waals surface area contributed by atoms with Crippen molar-refractivity contribution in [1.29, 1.82) is 0 Å².